The number of fused-ring (bicyclic) bond motifs is 2. The number of allylic oxidation sites excluding steroid dienone is 3. The molecule has 2 aliphatic carbocycles. The smallest absolute Gasteiger partial charge is 0.303 e. The maximum Gasteiger partial charge on any atom is 0.303 e. The third-order valence-corrected chi connectivity index (χ3v) is 5.20. The van der Waals surface area contributed by atoms with Gasteiger partial charge in [0, 0.05) is 26.4 Å². The number of rotatable bonds is 4. The number of hydrogen-bond donors (Lipinski definition) is 0. The highest BCUT2D eigenvalue weighted by Gasteiger charge is 2.42. The fourth-order valence-corrected chi connectivity index (χ4v) is 3.89. The summed E-state index contributed by atoms with van der Waals surface area (Å²) >= 11 is 0. The molecular weight excluding hydrogens is 328 g/mol. The van der Waals surface area contributed by atoms with Crippen LogP contribution in [0.2, 0.25) is 0 Å². The molecule has 140 valence electrons. The molecule has 0 radical (unpaired) electrons. The second kappa shape index (κ2) is 9.08. The number of methoxy groups -OCH3 is 1. The van der Waals surface area contributed by atoms with E-state index in [1.165, 1.54) is 18.1 Å². The van der Waals surface area contributed by atoms with E-state index < -0.39 is 6.10 Å². The fourth-order valence-electron chi connectivity index (χ4n) is 3.89. The first-order valence-corrected chi connectivity index (χ1v) is 9.00. The average molecular weight is 356 g/mol. The van der Waals surface area contributed by atoms with Crippen molar-refractivity contribution in [2.75, 3.05) is 13.9 Å². The van der Waals surface area contributed by atoms with Crippen molar-refractivity contribution in [3.63, 3.8) is 0 Å². The van der Waals surface area contributed by atoms with Crippen molar-refractivity contribution in [2.24, 2.45) is 11.3 Å². The number of carbonyl (C=O) groups is 1. The predicted octanol–water partition coefficient (Wildman–Crippen LogP) is 3.63. The summed E-state index contributed by atoms with van der Waals surface area (Å²) in [5.74, 6) is 12.1. The Hall–Kier alpha value is -2.01. The van der Waals surface area contributed by atoms with Gasteiger partial charge >= 0.3 is 5.97 Å². The van der Waals surface area contributed by atoms with Crippen LogP contribution in [0.3, 0.4) is 0 Å². The van der Waals surface area contributed by atoms with Gasteiger partial charge in [0.1, 0.15) is 12.9 Å². The zero-order chi connectivity index (χ0) is 19.2. The lowest BCUT2D eigenvalue weighted by molar-refractivity contribution is -0.143. The van der Waals surface area contributed by atoms with Crippen LogP contribution in [0.1, 0.15) is 47.0 Å². The zero-order valence-corrected chi connectivity index (χ0v) is 16.3. The van der Waals surface area contributed by atoms with Gasteiger partial charge in [0.05, 0.1) is 0 Å². The molecule has 0 saturated carbocycles. The zero-order valence-electron chi connectivity index (χ0n) is 16.3. The van der Waals surface area contributed by atoms with Crippen LogP contribution in [0.5, 0.6) is 0 Å². The van der Waals surface area contributed by atoms with Crippen LogP contribution in [-0.2, 0) is 19.0 Å². The molecule has 0 saturated heterocycles. The summed E-state index contributed by atoms with van der Waals surface area (Å²) in [5, 5.41) is 0. The lowest BCUT2D eigenvalue weighted by Crippen LogP contribution is -2.40. The summed E-state index contributed by atoms with van der Waals surface area (Å²) in [6.45, 7) is 8.24. The molecule has 0 fully saturated rings. The average Bonchev–Trinajstić information content (AvgIpc) is 2.56. The molecule has 0 aromatic carbocycles. The Morgan fingerprint density at radius 1 is 1.27 bits per heavy atom. The van der Waals surface area contributed by atoms with Crippen LogP contribution in [0.25, 0.3) is 0 Å². The Morgan fingerprint density at radius 3 is 2.62 bits per heavy atom. The van der Waals surface area contributed by atoms with Crippen LogP contribution in [0.15, 0.2) is 23.3 Å². The molecule has 0 unspecified atom stereocenters. The molecule has 2 bridgehead atoms. The molecule has 4 heteroatoms. The molecule has 3 atom stereocenters. The summed E-state index contributed by atoms with van der Waals surface area (Å²) in [5.41, 5.74) is 2.49. The van der Waals surface area contributed by atoms with Crippen molar-refractivity contribution >= 4 is 5.97 Å². The molecule has 2 aliphatic rings. The van der Waals surface area contributed by atoms with Crippen molar-refractivity contribution in [1.82, 2.24) is 0 Å². The molecule has 2 rings (SSSR count). The standard InChI is InChI=1S/C22H28O4/c1-16-12-13-19-21(25-15-24-5)11-9-7-6-8-10-18(26-17(2)23)14-20(16)22(19,3)4/h6-7,18-19,21H,12-15H2,1-5H3/b7-6-/t18-,19-,21+/m0/s1. The lowest BCUT2D eigenvalue weighted by atomic mass is 9.62. The topological polar surface area (TPSA) is 44.8 Å². The molecule has 0 amide bonds. The molecule has 0 heterocycles. The Kier molecular flexibility index (Phi) is 7.09. The number of hydrogen-bond acceptors (Lipinski definition) is 4. The molecule has 0 spiro atoms. The van der Waals surface area contributed by atoms with E-state index in [1.807, 2.05) is 0 Å². The second-order valence-electron chi connectivity index (χ2n) is 7.33. The third-order valence-electron chi connectivity index (χ3n) is 5.20. The number of carbonyl (C=O) groups excluding carboxylic acids is 1. The van der Waals surface area contributed by atoms with Crippen molar-refractivity contribution in [3.8, 4) is 23.7 Å². The van der Waals surface area contributed by atoms with Gasteiger partial charge < -0.3 is 14.2 Å². The van der Waals surface area contributed by atoms with Gasteiger partial charge in [-0.3, -0.25) is 4.79 Å². The Morgan fingerprint density at radius 2 is 1.96 bits per heavy atom. The maximum atomic E-state index is 11.5. The lowest BCUT2D eigenvalue weighted by Gasteiger charge is -2.44. The quantitative estimate of drug-likeness (QED) is 0.334. The predicted molar refractivity (Wildman–Crippen MR) is 101 cm³/mol. The highest BCUT2D eigenvalue weighted by Crippen LogP contribution is 2.48. The Labute approximate surface area is 157 Å². The minimum Gasteiger partial charge on any atom is -0.449 e. The molecule has 0 aromatic rings. The van der Waals surface area contributed by atoms with Gasteiger partial charge in [-0.1, -0.05) is 48.7 Å². The van der Waals surface area contributed by atoms with E-state index >= 15 is 0 Å². The van der Waals surface area contributed by atoms with Crippen LogP contribution in [0.4, 0.5) is 0 Å². The fraction of sp³-hybridized carbons (Fsp3) is 0.591. The SMILES string of the molecule is COCO[C@@H]1C#C/C=C\C#C[C@H](OC(C)=O)CC2=C(C)CC[C@@H]1C2(C)C. The van der Waals surface area contributed by atoms with Gasteiger partial charge in [0.25, 0.3) is 0 Å². The molecule has 0 N–H and O–H groups in total. The molecule has 26 heavy (non-hydrogen) atoms. The second-order valence-corrected chi connectivity index (χ2v) is 7.33. The summed E-state index contributed by atoms with van der Waals surface area (Å²) in [6.07, 6.45) is 5.30. The first-order chi connectivity index (χ1) is 12.4. The molecule has 0 aliphatic heterocycles. The van der Waals surface area contributed by atoms with Gasteiger partial charge in [-0.25, -0.2) is 0 Å². The van der Waals surface area contributed by atoms with Crippen LogP contribution >= 0.6 is 0 Å². The first kappa shape index (κ1) is 20.3. The van der Waals surface area contributed by atoms with Crippen LogP contribution in [-0.4, -0.2) is 32.1 Å². The first-order valence-electron chi connectivity index (χ1n) is 9.00. The van der Waals surface area contributed by atoms with Gasteiger partial charge in [-0.15, -0.1) is 0 Å². The van der Waals surface area contributed by atoms with Crippen molar-refractivity contribution in [1.29, 1.82) is 0 Å². The maximum absolute atomic E-state index is 11.5. The van der Waals surface area contributed by atoms with Gasteiger partial charge in [0.15, 0.2) is 6.10 Å². The normalized spacial score (nSPS) is 28.4. The Balaban J connectivity index is 2.45. The van der Waals surface area contributed by atoms with E-state index in [4.69, 9.17) is 14.2 Å². The minimum absolute atomic E-state index is 0.140. The minimum atomic E-state index is -0.453. The largest absolute Gasteiger partial charge is 0.449 e. The van der Waals surface area contributed by atoms with Crippen molar-refractivity contribution in [3.05, 3.63) is 23.3 Å². The van der Waals surface area contributed by atoms with Crippen LogP contribution < -0.4 is 0 Å². The van der Waals surface area contributed by atoms with E-state index in [2.05, 4.69) is 44.5 Å². The van der Waals surface area contributed by atoms with E-state index in [0.717, 1.165) is 12.8 Å². The summed E-state index contributed by atoms with van der Waals surface area (Å²) < 4.78 is 16.5. The molecule has 0 aromatic heterocycles. The van der Waals surface area contributed by atoms with E-state index in [1.54, 1.807) is 19.3 Å². The van der Waals surface area contributed by atoms with E-state index in [0.29, 0.717) is 6.42 Å². The monoisotopic (exact) mass is 356 g/mol. The van der Waals surface area contributed by atoms with Crippen molar-refractivity contribution in [2.45, 2.75) is 59.2 Å². The Bertz CT molecular complexity index is 706. The van der Waals surface area contributed by atoms with Crippen molar-refractivity contribution < 1.29 is 19.0 Å². The van der Waals surface area contributed by atoms with E-state index in [-0.39, 0.29) is 30.2 Å². The number of ether oxygens (including phenoxy) is 3. The van der Waals surface area contributed by atoms with Gasteiger partial charge in [0.2, 0.25) is 0 Å². The van der Waals surface area contributed by atoms with E-state index in [9.17, 15) is 4.79 Å². The summed E-state index contributed by atoms with van der Waals surface area (Å²) in [6, 6.07) is 0. The summed E-state index contributed by atoms with van der Waals surface area (Å²) in [4.78, 5) is 11.5. The summed E-state index contributed by atoms with van der Waals surface area (Å²) in [7, 11) is 1.61. The third kappa shape index (κ3) is 5.01. The van der Waals surface area contributed by atoms with Gasteiger partial charge in [-0.2, -0.15) is 0 Å². The molecular formula is C22H28O4. The highest BCUT2D eigenvalue weighted by atomic mass is 16.7. The number of esters is 1. The van der Waals surface area contributed by atoms with Gasteiger partial charge in [-0.05, 0) is 37.3 Å². The highest BCUT2D eigenvalue weighted by molar-refractivity contribution is 5.66. The molecule has 4 nitrogen and oxygen atoms in total. The van der Waals surface area contributed by atoms with Crippen LogP contribution in [0, 0.1) is 35.0 Å².